The highest BCUT2D eigenvalue weighted by Crippen LogP contribution is 2.37. The fourth-order valence-corrected chi connectivity index (χ4v) is 7.16. The van der Waals surface area contributed by atoms with E-state index in [-0.39, 0.29) is 34.1 Å². The van der Waals surface area contributed by atoms with Gasteiger partial charge >= 0.3 is 10.3 Å². The minimum atomic E-state index is -4.74. The number of H-pyrrole nitrogens is 1. The Hall–Kier alpha value is -5.30. The van der Waals surface area contributed by atoms with Gasteiger partial charge in [0.2, 0.25) is 11.9 Å². The molecule has 0 spiro atoms. The zero-order valence-corrected chi connectivity index (χ0v) is 30.1. The summed E-state index contributed by atoms with van der Waals surface area (Å²) in [4.78, 5) is 60.8. The number of ether oxygens (including phenoxy) is 2. The van der Waals surface area contributed by atoms with Gasteiger partial charge in [-0.3, -0.25) is 33.8 Å². The molecule has 55 heavy (non-hydrogen) atoms. The molecule has 1 aromatic carbocycles. The third-order valence-electron chi connectivity index (χ3n) is 9.25. The Kier molecular flexibility index (Phi) is 10.4. The molecule has 2 amide bonds. The average Bonchev–Trinajstić information content (AvgIpc) is 3.92. The summed E-state index contributed by atoms with van der Waals surface area (Å²) < 4.78 is 64.0. The van der Waals surface area contributed by atoms with Crippen LogP contribution >= 0.6 is 0 Å². The number of aliphatic hydroxyl groups is 2. The summed E-state index contributed by atoms with van der Waals surface area (Å²) in [5.41, 5.74) is -0.251. The second kappa shape index (κ2) is 15.1. The van der Waals surface area contributed by atoms with Crippen LogP contribution in [0.1, 0.15) is 43.6 Å². The predicted octanol–water partition coefficient (Wildman–Crippen LogP) is 0.148. The van der Waals surface area contributed by atoms with Crippen LogP contribution in [-0.4, -0.2) is 113 Å². The van der Waals surface area contributed by atoms with Crippen molar-refractivity contribution in [3.05, 3.63) is 65.2 Å². The molecule has 8 atom stereocenters. The molecule has 2 saturated heterocycles. The number of alkyl halides is 1. The number of amides is 2. The van der Waals surface area contributed by atoms with Crippen molar-refractivity contribution in [3.8, 4) is 0 Å². The third-order valence-corrected chi connectivity index (χ3v) is 10.2. The molecule has 6 N–H and O–H groups in total. The largest absolute Gasteiger partial charge is 0.394 e. The average molecular weight is 786 g/mol. The summed E-state index contributed by atoms with van der Waals surface area (Å²) in [5, 5.41) is 26.2. The zero-order chi connectivity index (χ0) is 39.2. The van der Waals surface area contributed by atoms with E-state index in [9.17, 15) is 33.0 Å². The molecule has 21 nitrogen and oxygen atoms in total. The molecule has 6 heterocycles. The van der Waals surface area contributed by atoms with Crippen LogP contribution in [0.4, 0.5) is 16.2 Å². The van der Waals surface area contributed by atoms with Crippen LogP contribution < -0.4 is 20.9 Å². The highest BCUT2D eigenvalue weighted by Gasteiger charge is 2.50. The summed E-state index contributed by atoms with van der Waals surface area (Å²) in [6.45, 7) is 3.66. The van der Waals surface area contributed by atoms with Gasteiger partial charge in [-0.25, -0.2) is 28.5 Å². The summed E-state index contributed by atoms with van der Waals surface area (Å²) in [6.07, 6.45) is -6.83. The van der Waals surface area contributed by atoms with Gasteiger partial charge in [0.15, 0.2) is 46.8 Å². The lowest BCUT2D eigenvalue weighted by Gasteiger charge is -2.20. The number of rotatable bonds is 12. The van der Waals surface area contributed by atoms with Crippen LogP contribution in [0, 0.1) is 11.8 Å². The molecule has 2 aliphatic rings. The van der Waals surface area contributed by atoms with Gasteiger partial charge in [-0.1, -0.05) is 39.0 Å². The van der Waals surface area contributed by atoms with Crippen molar-refractivity contribution < 1.29 is 46.3 Å². The van der Waals surface area contributed by atoms with Crippen LogP contribution in [0.25, 0.3) is 22.3 Å². The molecule has 7 rings (SSSR count). The molecule has 0 bridgehead atoms. The number of aliphatic hydroxyl groups excluding tert-OH is 2. The van der Waals surface area contributed by atoms with Gasteiger partial charge in [0.1, 0.15) is 24.6 Å². The van der Waals surface area contributed by atoms with E-state index in [0.717, 1.165) is 6.33 Å². The number of hydrogen-bond donors (Lipinski definition) is 6. The maximum atomic E-state index is 16.1. The molecule has 2 aliphatic heterocycles. The van der Waals surface area contributed by atoms with Crippen molar-refractivity contribution in [2.75, 3.05) is 23.8 Å². The molecule has 1 unspecified atom stereocenters. The van der Waals surface area contributed by atoms with Crippen molar-refractivity contribution in [1.82, 2.24) is 43.8 Å². The Morgan fingerprint density at radius 2 is 1.69 bits per heavy atom. The number of halogens is 1. The van der Waals surface area contributed by atoms with E-state index < -0.39 is 95.7 Å². The monoisotopic (exact) mass is 785 g/mol. The van der Waals surface area contributed by atoms with Crippen LogP contribution in [0.5, 0.6) is 0 Å². The lowest BCUT2D eigenvalue weighted by molar-refractivity contribution is -0.118. The maximum absolute atomic E-state index is 16.1. The molecular formula is C32H36FN11O10S. The molecule has 0 radical (unpaired) electrons. The van der Waals surface area contributed by atoms with E-state index in [0.29, 0.717) is 5.56 Å². The fraction of sp³-hybridized carbons (Fsp3) is 0.438. The normalized spacial score (nSPS) is 25.6. The lowest BCUT2D eigenvalue weighted by Crippen LogP contribution is -2.42. The number of carbonyl (C=O) groups is 2. The SMILES string of the molecule is CC(C)C(=O)Nc1nc2c(ncn2[C@@H]2O[C@H](CNS(=O)(=O)O[C@@H]3[C@@H](CO)OC(n4cnc5c(NC(=O)c6ccccc6)ncnc54)[C@@H]3F)[C@@H](C)[C@H]2O)c(=O)[nH]1. The summed E-state index contributed by atoms with van der Waals surface area (Å²) in [6, 6.07) is 8.33. The standard InChI is InChI=1S/C32H36FN11O10S/c1-14(2)27(47)41-32-40-26-21(29(49)42-32)37-13-44(26)31-22(46)15(3)17(52-31)9-38-55(50,51)54-23-18(10-45)53-30(19(23)33)43-12-36-20-24(34-11-35-25(20)43)39-28(48)16-7-5-4-6-8-16/h4-8,11-15,17-19,22-23,30-31,38,45-46H,9-10H2,1-3H3,(H,34,35,39,48)(H2,40,41,42,47,49)/t15-,17-,18-,19-,22-,23-,30?,31-/m1/s1. The van der Waals surface area contributed by atoms with Gasteiger partial charge in [-0.15, -0.1) is 0 Å². The smallest absolute Gasteiger partial charge is 0.336 e. The van der Waals surface area contributed by atoms with E-state index >= 15 is 4.39 Å². The van der Waals surface area contributed by atoms with E-state index in [1.165, 1.54) is 21.8 Å². The predicted molar refractivity (Wildman–Crippen MR) is 188 cm³/mol. The summed E-state index contributed by atoms with van der Waals surface area (Å²) in [5.74, 6) is -2.08. The highest BCUT2D eigenvalue weighted by molar-refractivity contribution is 7.84. The van der Waals surface area contributed by atoms with E-state index in [2.05, 4.69) is 45.3 Å². The van der Waals surface area contributed by atoms with Crippen LogP contribution in [0.2, 0.25) is 0 Å². The number of imidazole rings is 2. The zero-order valence-electron chi connectivity index (χ0n) is 29.3. The second-order valence-electron chi connectivity index (χ2n) is 13.2. The van der Waals surface area contributed by atoms with Crippen molar-refractivity contribution >= 4 is 56.2 Å². The molecule has 0 saturated carbocycles. The van der Waals surface area contributed by atoms with Crippen LogP contribution in [0.3, 0.4) is 0 Å². The number of carbonyl (C=O) groups excluding carboxylic acids is 2. The van der Waals surface area contributed by atoms with Crippen LogP contribution in [-0.2, 0) is 28.8 Å². The van der Waals surface area contributed by atoms with Gasteiger partial charge in [0, 0.05) is 23.9 Å². The van der Waals surface area contributed by atoms with Gasteiger partial charge < -0.3 is 25.0 Å². The molecule has 5 aromatic rings. The fourth-order valence-electron chi connectivity index (χ4n) is 6.20. The number of nitrogens with zero attached hydrogens (tertiary/aromatic N) is 7. The summed E-state index contributed by atoms with van der Waals surface area (Å²) >= 11 is 0. The quantitative estimate of drug-likeness (QED) is 0.0982. The number of benzene rings is 1. The van der Waals surface area contributed by atoms with Crippen molar-refractivity contribution in [2.45, 2.75) is 63.8 Å². The molecule has 292 valence electrons. The number of nitrogens with one attached hydrogen (secondary N) is 4. The Bertz CT molecular complexity index is 2390. The van der Waals surface area contributed by atoms with Gasteiger partial charge in [-0.2, -0.15) is 18.1 Å². The molecule has 0 aliphatic carbocycles. The van der Waals surface area contributed by atoms with Crippen molar-refractivity contribution in [1.29, 1.82) is 0 Å². The number of aromatic amines is 1. The first-order valence-electron chi connectivity index (χ1n) is 17.0. The minimum Gasteiger partial charge on any atom is -0.394 e. The van der Waals surface area contributed by atoms with E-state index in [1.54, 1.807) is 51.1 Å². The Morgan fingerprint density at radius 1 is 1.00 bits per heavy atom. The molecular weight excluding hydrogens is 749 g/mol. The van der Waals surface area contributed by atoms with E-state index in [1.807, 2.05) is 0 Å². The number of fused-ring (bicyclic) bond motifs is 2. The first kappa shape index (κ1) is 38.0. The second-order valence-corrected chi connectivity index (χ2v) is 14.6. The first-order chi connectivity index (χ1) is 26.3. The van der Waals surface area contributed by atoms with Crippen molar-refractivity contribution in [2.24, 2.45) is 11.8 Å². The maximum Gasteiger partial charge on any atom is 0.336 e. The highest BCUT2D eigenvalue weighted by atomic mass is 32.2. The molecule has 23 heteroatoms. The first-order valence-corrected chi connectivity index (χ1v) is 18.4. The third kappa shape index (κ3) is 7.41. The van der Waals surface area contributed by atoms with Gasteiger partial charge in [0.05, 0.1) is 25.4 Å². The number of hydrogen-bond acceptors (Lipinski definition) is 15. The number of anilines is 2. The van der Waals surface area contributed by atoms with E-state index in [4.69, 9.17) is 13.7 Å². The topological polar surface area (TPSA) is 280 Å². The Balaban J connectivity index is 1.03. The van der Waals surface area contributed by atoms with Gasteiger partial charge in [-0.05, 0) is 12.1 Å². The minimum absolute atomic E-state index is 0.00580. The lowest BCUT2D eigenvalue weighted by atomic mass is 10.0. The van der Waals surface area contributed by atoms with Crippen molar-refractivity contribution in [3.63, 3.8) is 0 Å². The van der Waals surface area contributed by atoms with Gasteiger partial charge in [0.25, 0.3) is 11.5 Å². The molecule has 2 fully saturated rings. The Morgan fingerprint density at radius 3 is 2.40 bits per heavy atom. The number of aromatic nitrogens is 8. The van der Waals surface area contributed by atoms with Crippen LogP contribution in [0.15, 0.2) is 54.1 Å². The molecule has 4 aromatic heterocycles. The summed E-state index contributed by atoms with van der Waals surface area (Å²) in [7, 11) is -4.74. The Labute approximate surface area is 310 Å².